The van der Waals surface area contributed by atoms with Crippen molar-refractivity contribution in [3.05, 3.63) is 66.7 Å². The van der Waals surface area contributed by atoms with Gasteiger partial charge in [-0.05, 0) is 60.5 Å². The van der Waals surface area contributed by atoms with Gasteiger partial charge in [-0.25, -0.2) is 0 Å². The molecule has 35 heavy (non-hydrogen) atoms. The average Bonchev–Trinajstić information content (AvgIpc) is 3.39. The van der Waals surface area contributed by atoms with E-state index in [1.807, 2.05) is 0 Å². The van der Waals surface area contributed by atoms with Gasteiger partial charge in [0.15, 0.2) is 0 Å². The second-order valence-corrected chi connectivity index (χ2v) is 15.9. The van der Waals surface area contributed by atoms with Gasteiger partial charge in [0.25, 0.3) is 0 Å². The fraction of sp³-hybridized carbons (Fsp3) is 0.267. The largest absolute Gasteiger partial charge is 0.495 e. The molecule has 1 aromatic heterocycles. The van der Waals surface area contributed by atoms with Crippen LogP contribution in [0.25, 0.3) is 43.8 Å². The van der Waals surface area contributed by atoms with Gasteiger partial charge in [0, 0.05) is 21.7 Å². The summed E-state index contributed by atoms with van der Waals surface area (Å²) in [5.41, 5.74) is 4.73. The maximum Gasteiger partial charge on any atom is 0.495 e. The van der Waals surface area contributed by atoms with Crippen LogP contribution in [-0.2, 0) is 9.31 Å². The number of benzene rings is 4. The van der Waals surface area contributed by atoms with Crippen molar-refractivity contribution in [2.45, 2.75) is 52.0 Å². The third kappa shape index (κ3) is 2.69. The molecule has 5 heteroatoms. The summed E-state index contributed by atoms with van der Waals surface area (Å²) in [4.78, 5) is 0. The Morgan fingerprint density at radius 1 is 0.714 bits per heavy atom. The van der Waals surface area contributed by atoms with E-state index in [0.29, 0.717) is 0 Å². The summed E-state index contributed by atoms with van der Waals surface area (Å²) >= 11 is 0. The topological polar surface area (TPSA) is 31.6 Å². The minimum absolute atomic E-state index is 0.412. The van der Waals surface area contributed by atoms with Crippen molar-refractivity contribution in [1.82, 2.24) is 0 Å². The molecule has 174 valence electrons. The van der Waals surface area contributed by atoms with Gasteiger partial charge in [0.2, 0.25) is 0 Å². The zero-order chi connectivity index (χ0) is 24.3. The molecule has 4 aromatic carbocycles. The number of fused-ring (bicyclic) bond motifs is 9. The molecule has 0 N–H and O–H groups in total. The summed E-state index contributed by atoms with van der Waals surface area (Å²) < 4.78 is 20.1. The lowest BCUT2D eigenvalue weighted by molar-refractivity contribution is 0.00578. The molecule has 0 saturated carbocycles. The van der Waals surface area contributed by atoms with Crippen LogP contribution in [0.2, 0.25) is 13.1 Å². The molecule has 0 spiro atoms. The summed E-state index contributed by atoms with van der Waals surface area (Å²) in [5, 5.41) is 7.42. The van der Waals surface area contributed by atoms with E-state index >= 15 is 0 Å². The molecule has 0 bridgehead atoms. The Morgan fingerprint density at radius 3 is 2.17 bits per heavy atom. The van der Waals surface area contributed by atoms with Crippen LogP contribution in [0.4, 0.5) is 0 Å². The zero-order valence-corrected chi connectivity index (χ0v) is 22.2. The van der Waals surface area contributed by atoms with Crippen molar-refractivity contribution >= 4 is 63.7 Å². The standard InChI is InChI=1S/C30H29BO3Si/c1-29(2)30(3,4)34-31(33-29)22-17-24-26(20-13-9-10-14-23(20)35(24,5)6)28-25(22)21-16-15-18-11-7-8-12-19(18)27(21)32-28/h7-17H,1-6H3. The van der Waals surface area contributed by atoms with Crippen LogP contribution in [0.1, 0.15) is 27.7 Å². The molecule has 5 aromatic rings. The number of hydrogen-bond donors (Lipinski definition) is 0. The molecular formula is C30H29BO3Si. The van der Waals surface area contributed by atoms with Crippen LogP contribution < -0.4 is 15.8 Å². The van der Waals surface area contributed by atoms with Gasteiger partial charge in [0.1, 0.15) is 19.2 Å². The summed E-state index contributed by atoms with van der Waals surface area (Å²) in [6.07, 6.45) is 0. The Bertz CT molecular complexity index is 1680. The highest BCUT2D eigenvalue weighted by atomic mass is 28.3. The van der Waals surface area contributed by atoms with Gasteiger partial charge in [-0.2, -0.15) is 0 Å². The van der Waals surface area contributed by atoms with E-state index in [4.69, 9.17) is 13.7 Å². The Labute approximate surface area is 207 Å². The van der Waals surface area contributed by atoms with Crippen LogP contribution in [0, 0.1) is 0 Å². The van der Waals surface area contributed by atoms with E-state index in [1.165, 1.54) is 26.9 Å². The minimum atomic E-state index is -1.93. The highest BCUT2D eigenvalue weighted by Gasteiger charge is 2.53. The Hall–Kier alpha value is -2.86. The first-order valence-corrected chi connectivity index (χ1v) is 15.5. The van der Waals surface area contributed by atoms with Gasteiger partial charge < -0.3 is 13.7 Å². The lowest BCUT2D eigenvalue weighted by Crippen LogP contribution is -2.51. The third-order valence-corrected chi connectivity index (χ3v) is 12.2. The molecule has 1 saturated heterocycles. The van der Waals surface area contributed by atoms with Crippen LogP contribution in [0.3, 0.4) is 0 Å². The number of rotatable bonds is 1. The maximum absolute atomic E-state index is 6.87. The first-order valence-electron chi connectivity index (χ1n) is 12.5. The fourth-order valence-electron chi connectivity index (χ4n) is 6.02. The molecule has 1 fully saturated rings. The Balaban J connectivity index is 1.64. The van der Waals surface area contributed by atoms with E-state index < -0.39 is 26.4 Å². The van der Waals surface area contributed by atoms with Crippen molar-refractivity contribution in [2.75, 3.05) is 0 Å². The SMILES string of the molecule is CC1(C)OB(c2cc3c(c4oc5c6ccccc6ccc5c24)-c2ccccc2[Si]3(C)C)OC1(C)C. The van der Waals surface area contributed by atoms with Crippen molar-refractivity contribution in [1.29, 1.82) is 0 Å². The van der Waals surface area contributed by atoms with Crippen LogP contribution in [0.5, 0.6) is 0 Å². The van der Waals surface area contributed by atoms with E-state index in [9.17, 15) is 0 Å². The summed E-state index contributed by atoms with van der Waals surface area (Å²) in [6, 6.07) is 24.1. The third-order valence-electron chi connectivity index (χ3n) is 8.72. The molecule has 3 nitrogen and oxygen atoms in total. The average molecular weight is 476 g/mol. The molecule has 0 aliphatic carbocycles. The Kier molecular flexibility index (Phi) is 4.08. The molecule has 2 aliphatic rings. The summed E-state index contributed by atoms with van der Waals surface area (Å²) in [7, 11) is -2.38. The normalized spacial score (nSPS) is 19.5. The molecule has 0 unspecified atom stereocenters. The van der Waals surface area contributed by atoms with Crippen molar-refractivity contribution in [2.24, 2.45) is 0 Å². The number of furan rings is 1. The lowest BCUT2D eigenvalue weighted by Gasteiger charge is -2.32. The number of hydrogen-bond acceptors (Lipinski definition) is 3. The van der Waals surface area contributed by atoms with E-state index in [1.54, 1.807) is 0 Å². The molecule has 3 heterocycles. The van der Waals surface area contributed by atoms with Crippen LogP contribution >= 0.6 is 0 Å². The van der Waals surface area contributed by atoms with Gasteiger partial charge in [-0.1, -0.05) is 73.8 Å². The molecular weight excluding hydrogens is 447 g/mol. The van der Waals surface area contributed by atoms with Crippen LogP contribution in [0.15, 0.2) is 71.1 Å². The maximum atomic E-state index is 6.87. The molecule has 7 rings (SSSR count). The van der Waals surface area contributed by atoms with E-state index in [0.717, 1.165) is 32.8 Å². The van der Waals surface area contributed by atoms with Gasteiger partial charge in [-0.3, -0.25) is 0 Å². The van der Waals surface area contributed by atoms with Gasteiger partial charge in [0.05, 0.1) is 11.2 Å². The fourth-order valence-corrected chi connectivity index (χ4v) is 9.09. The van der Waals surface area contributed by atoms with Crippen molar-refractivity contribution in [3.8, 4) is 11.1 Å². The van der Waals surface area contributed by atoms with Crippen molar-refractivity contribution < 1.29 is 13.7 Å². The van der Waals surface area contributed by atoms with Gasteiger partial charge >= 0.3 is 7.12 Å². The second-order valence-electron chi connectivity index (χ2n) is 11.6. The summed E-state index contributed by atoms with van der Waals surface area (Å²) in [6.45, 7) is 13.4. The smallest absolute Gasteiger partial charge is 0.455 e. The molecule has 0 atom stereocenters. The van der Waals surface area contributed by atoms with E-state index in [-0.39, 0.29) is 0 Å². The van der Waals surface area contributed by atoms with Crippen molar-refractivity contribution in [3.63, 3.8) is 0 Å². The molecule has 0 amide bonds. The monoisotopic (exact) mass is 476 g/mol. The first-order chi connectivity index (χ1) is 16.6. The molecule has 0 radical (unpaired) electrons. The zero-order valence-electron chi connectivity index (χ0n) is 21.2. The lowest BCUT2D eigenvalue weighted by atomic mass is 9.75. The second kappa shape index (κ2) is 6.67. The highest BCUT2D eigenvalue weighted by molar-refractivity contribution is 7.04. The van der Waals surface area contributed by atoms with Gasteiger partial charge in [-0.15, -0.1) is 0 Å². The predicted molar refractivity (Wildman–Crippen MR) is 149 cm³/mol. The minimum Gasteiger partial charge on any atom is -0.455 e. The first kappa shape index (κ1) is 21.4. The predicted octanol–water partition coefficient (Wildman–Crippen LogP) is 5.84. The quantitative estimate of drug-likeness (QED) is 0.285. The molecule has 2 aliphatic heterocycles. The van der Waals surface area contributed by atoms with Crippen LogP contribution in [-0.4, -0.2) is 26.4 Å². The van der Waals surface area contributed by atoms with E-state index in [2.05, 4.69) is 108 Å². The Morgan fingerprint density at radius 2 is 1.40 bits per heavy atom. The summed E-state index contributed by atoms with van der Waals surface area (Å²) in [5.74, 6) is 0. The highest BCUT2D eigenvalue weighted by Crippen LogP contribution is 2.42.